The molecule has 7 atom stereocenters. The van der Waals surface area contributed by atoms with E-state index in [-0.39, 0.29) is 35.9 Å². The lowest BCUT2D eigenvalue weighted by Gasteiger charge is -2.36. The first-order valence-electron chi connectivity index (χ1n) is 9.41. The minimum Gasteiger partial charge on any atom is -0.466 e. The lowest BCUT2D eigenvalue weighted by molar-refractivity contribution is -0.155. The summed E-state index contributed by atoms with van der Waals surface area (Å²) in [5, 5.41) is 12.5. The lowest BCUT2D eigenvalue weighted by atomic mass is 9.70. The molecule has 0 aromatic rings. The number of rotatable bonds is 6. The van der Waals surface area contributed by atoms with Gasteiger partial charge < -0.3 is 24.8 Å². The number of carbonyl (C=O) groups excluding carboxylic acids is 3. The molecular formula is C18H27BrN2O6. The Morgan fingerprint density at radius 3 is 2.67 bits per heavy atom. The quantitative estimate of drug-likeness (QED) is 0.446. The molecule has 3 aliphatic heterocycles. The van der Waals surface area contributed by atoms with E-state index in [0.717, 1.165) is 0 Å². The third-order valence-electron chi connectivity index (χ3n) is 5.70. The Kier molecular flexibility index (Phi) is 5.58. The number of fused-ring (bicyclic) bond motifs is 1. The van der Waals surface area contributed by atoms with Gasteiger partial charge in [-0.05, 0) is 34.1 Å². The first kappa shape index (κ1) is 20.5. The summed E-state index contributed by atoms with van der Waals surface area (Å²) in [6.45, 7) is 6.99. The van der Waals surface area contributed by atoms with Crippen LogP contribution in [0.25, 0.3) is 0 Å². The Morgan fingerprint density at radius 2 is 2.11 bits per heavy atom. The molecule has 0 aliphatic carbocycles. The second-order valence-corrected chi connectivity index (χ2v) is 9.03. The minimum absolute atomic E-state index is 0.117. The minimum atomic E-state index is -1.10. The van der Waals surface area contributed by atoms with Crippen molar-refractivity contribution in [1.29, 1.82) is 0 Å². The maximum absolute atomic E-state index is 13.3. The van der Waals surface area contributed by atoms with Crippen molar-refractivity contribution >= 4 is 33.7 Å². The lowest BCUT2D eigenvalue weighted by Crippen LogP contribution is -2.58. The molecule has 0 aromatic carbocycles. The highest BCUT2D eigenvalue weighted by Gasteiger charge is 2.77. The molecule has 1 unspecified atom stereocenters. The van der Waals surface area contributed by atoms with Gasteiger partial charge in [0.2, 0.25) is 11.8 Å². The zero-order valence-electron chi connectivity index (χ0n) is 16.0. The van der Waals surface area contributed by atoms with E-state index in [9.17, 15) is 19.5 Å². The fourth-order valence-corrected chi connectivity index (χ4v) is 5.74. The first-order chi connectivity index (χ1) is 12.7. The van der Waals surface area contributed by atoms with Crippen LogP contribution in [0.1, 0.15) is 34.1 Å². The van der Waals surface area contributed by atoms with Crippen molar-refractivity contribution < 1.29 is 29.0 Å². The van der Waals surface area contributed by atoms with Gasteiger partial charge in [-0.3, -0.25) is 14.4 Å². The molecule has 152 valence electrons. The fraction of sp³-hybridized carbons (Fsp3) is 0.833. The molecule has 0 radical (unpaired) electrons. The van der Waals surface area contributed by atoms with Crippen LogP contribution in [-0.4, -0.2) is 75.7 Å². The Balaban J connectivity index is 2.06. The standard InChI is InChI=1S/C18H27BrN2O6/c1-5-26-17(25)11-12-16(24)21(9(4)7-22)14(15(23)20-8(2)3)18(12)6-10(19)13(11)27-18/h8-14,22H,5-7H2,1-4H3,(H,20,23)/t9-,10?,11-,12+,13-,14-,18+/m1/s1. The number of hydrogen-bond donors (Lipinski definition) is 2. The Bertz CT molecular complexity index is 643. The van der Waals surface area contributed by atoms with E-state index in [1.54, 1.807) is 13.8 Å². The van der Waals surface area contributed by atoms with E-state index >= 15 is 0 Å². The topological polar surface area (TPSA) is 105 Å². The van der Waals surface area contributed by atoms with E-state index in [1.165, 1.54) is 4.90 Å². The van der Waals surface area contributed by atoms with Gasteiger partial charge >= 0.3 is 5.97 Å². The Labute approximate surface area is 167 Å². The summed E-state index contributed by atoms with van der Waals surface area (Å²) in [7, 11) is 0. The molecular weight excluding hydrogens is 420 g/mol. The monoisotopic (exact) mass is 446 g/mol. The van der Waals surface area contributed by atoms with E-state index in [4.69, 9.17) is 9.47 Å². The number of likely N-dealkylation sites (tertiary alicyclic amines) is 1. The summed E-state index contributed by atoms with van der Waals surface area (Å²) in [4.78, 5) is 40.3. The van der Waals surface area contributed by atoms with Crippen LogP contribution in [0.2, 0.25) is 0 Å². The SMILES string of the molecule is CCOC(=O)[C@H]1[C@@H]2O[C@@]3(CC2Br)[C@@H]1C(=O)N([C@H](C)CO)[C@@H]3C(=O)NC(C)C. The Hall–Kier alpha value is -1.19. The molecule has 3 saturated heterocycles. The normalized spacial score (nSPS) is 38.3. The number of alkyl halides is 1. The van der Waals surface area contributed by atoms with Gasteiger partial charge in [-0.25, -0.2) is 0 Å². The molecule has 0 saturated carbocycles. The molecule has 1 spiro atoms. The van der Waals surface area contributed by atoms with Crippen LogP contribution in [0.5, 0.6) is 0 Å². The van der Waals surface area contributed by atoms with E-state index in [2.05, 4.69) is 21.2 Å². The number of carbonyl (C=O) groups is 3. The summed E-state index contributed by atoms with van der Waals surface area (Å²) in [6, 6.07) is -1.59. The molecule has 0 aromatic heterocycles. The molecule has 2 amide bonds. The number of nitrogens with one attached hydrogen (secondary N) is 1. The predicted octanol–water partition coefficient (Wildman–Crippen LogP) is 0.203. The number of hydrogen-bond acceptors (Lipinski definition) is 6. The zero-order chi connectivity index (χ0) is 20.1. The van der Waals surface area contributed by atoms with Crippen molar-refractivity contribution in [2.24, 2.45) is 11.8 Å². The van der Waals surface area contributed by atoms with Crippen molar-refractivity contribution in [1.82, 2.24) is 10.2 Å². The molecule has 3 rings (SSSR count). The van der Waals surface area contributed by atoms with Gasteiger partial charge in [0.25, 0.3) is 0 Å². The average molecular weight is 447 g/mol. The van der Waals surface area contributed by atoms with Crippen LogP contribution < -0.4 is 5.32 Å². The molecule has 2 bridgehead atoms. The third kappa shape index (κ3) is 2.98. The van der Waals surface area contributed by atoms with Gasteiger partial charge in [-0.1, -0.05) is 15.9 Å². The number of amides is 2. The van der Waals surface area contributed by atoms with E-state index < -0.39 is 41.6 Å². The highest BCUT2D eigenvalue weighted by atomic mass is 79.9. The number of ether oxygens (including phenoxy) is 2. The summed E-state index contributed by atoms with van der Waals surface area (Å²) in [5.74, 6) is -2.69. The highest BCUT2D eigenvalue weighted by molar-refractivity contribution is 9.09. The summed E-state index contributed by atoms with van der Waals surface area (Å²) in [6.07, 6.45) is -0.0756. The van der Waals surface area contributed by atoms with Crippen LogP contribution in [0.4, 0.5) is 0 Å². The van der Waals surface area contributed by atoms with E-state index in [1.807, 2.05) is 13.8 Å². The molecule has 2 N–H and O–H groups in total. The molecule has 8 nitrogen and oxygen atoms in total. The molecule has 3 aliphatic rings. The fourth-order valence-electron chi connectivity index (χ4n) is 4.80. The van der Waals surface area contributed by atoms with Crippen molar-refractivity contribution in [2.75, 3.05) is 13.2 Å². The van der Waals surface area contributed by atoms with Crippen LogP contribution in [0, 0.1) is 11.8 Å². The third-order valence-corrected chi connectivity index (χ3v) is 6.55. The van der Waals surface area contributed by atoms with Crippen LogP contribution in [-0.2, 0) is 23.9 Å². The largest absolute Gasteiger partial charge is 0.466 e. The summed E-state index contributed by atoms with van der Waals surface area (Å²) >= 11 is 3.56. The predicted molar refractivity (Wildman–Crippen MR) is 99.0 cm³/mol. The maximum atomic E-state index is 13.3. The summed E-state index contributed by atoms with van der Waals surface area (Å²) in [5.41, 5.74) is -1.10. The van der Waals surface area contributed by atoms with Crippen LogP contribution in [0.15, 0.2) is 0 Å². The van der Waals surface area contributed by atoms with Gasteiger partial charge in [0.1, 0.15) is 11.6 Å². The maximum Gasteiger partial charge on any atom is 0.312 e. The number of nitrogens with zero attached hydrogens (tertiary/aromatic N) is 1. The molecule has 3 heterocycles. The molecule has 9 heteroatoms. The smallest absolute Gasteiger partial charge is 0.312 e. The van der Waals surface area contributed by atoms with Gasteiger partial charge in [0, 0.05) is 10.9 Å². The Morgan fingerprint density at radius 1 is 1.44 bits per heavy atom. The van der Waals surface area contributed by atoms with E-state index in [0.29, 0.717) is 6.42 Å². The number of aliphatic hydroxyl groups is 1. The second-order valence-electron chi connectivity index (χ2n) is 7.86. The summed E-state index contributed by atoms with van der Waals surface area (Å²) < 4.78 is 11.4. The van der Waals surface area contributed by atoms with Gasteiger partial charge in [-0.15, -0.1) is 0 Å². The van der Waals surface area contributed by atoms with Crippen molar-refractivity contribution in [3.8, 4) is 0 Å². The second kappa shape index (κ2) is 7.33. The molecule has 27 heavy (non-hydrogen) atoms. The number of esters is 1. The molecule has 3 fully saturated rings. The van der Waals surface area contributed by atoms with Crippen molar-refractivity contribution in [3.05, 3.63) is 0 Å². The number of halogens is 1. The van der Waals surface area contributed by atoms with Crippen LogP contribution in [0.3, 0.4) is 0 Å². The first-order valence-corrected chi connectivity index (χ1v) is 10.3. The average Bonchev–Trinajstić information content (AvgIpc) is 3.17. The number of aliphatic hydroxyl groups excluding tert-OH is 1. The van der Waals surface area contributed by atoms with Gasteiger partial charge in [0.05, 0.1) is 37.2 Å². The van der Waals surface area contributed by atoms with Crippen LogP contribution >= 0.6 is 15.9 Å². The zero-order valence-corrected chi connectivity index (χ0v) is 17.6. The highest BCUT2D eigenvalue weighted by Crippen LogP contribution is 2.60. The van der Waals surface area contributed by atoms with Gasteiger partial charge in [0.15, 0.2) is 0 Å². The van der Waals surface area contributed by atoms with Crippen molar-refractivity contribution in [3.63, 3.8) is 0 Å². The van der Waals surface area contributed by atoms with Gasteiger partial charge in [-0.2, -0.15) is 0 Å². The van der Waals surface area contributed by atoms with Crippen molar-refractivity contribution in [2.45, 2.75) is 68.8 Å².